The van der Waals surface area contributed by atoms with Crippen molar-refractivity contribution in [3.05, 3.63) is 35.9 Å². The van der Waals surface area contributed by atoms with Crippen molar-refractivity contribution < 1.29 is 14.3 Å². The lowest BCUT2D eigenvalue weighted by Gasteiger charge is -2.03. The normalized spacial score (nSPS) is 18.8. The lowest BCUT2D eigenvalue weighted by Crippen LogP contribution is -2.17. The van der Waals surface area contributed by atoms with Gasteiger partial charge in [-0.15, -0.1) is 0 Å². The Hall–Kier alpha value is -1.84. The monoisotopic (exact) mass is 219 g/mol. The van der Waals surface area contributed by atoms with Crippen LogP contribution in [0.5, 0.6) is 0 Å². The summed E-state index contributed by atoms with van der Waals surface area (Å²) in [5.74, 6) is -0.406. The zero-order valence-corrected chi connectivity index (χ0v) is 9.05. The molecule has 1 atom stereocenters. The summed E-state index contributed by atoms with van der Waals surface area (Å²) < 4.78 is 10.0. The molecule has 1 aliphatic rings. The molecule has 0 unspecified atom stereocenters. The van der Waals surface area contributed by atoms with Crippen LogP contribution in [0.2, 0.25) is 0 Å². The molecular formula is C12H13NO3. The van der Waals surface area contributed by atoms with Crippen molar-refractivity contribution in [3.63, 3.8) is 0 Å². The summed E-state index contributed by atoms with van der Waals surface area (Å²) in [7, 11) is 0. The molecular weight excluding hydrogens is 206 g/mol. The van der Waals surface area contributed by atoms with Gasteiger partial charge in [0.25, 0.3) is 5.90 Å². The number of nitrogens with zero attached hydrogens (tertiary/aromatic N) is 1. The number of hydrogen-bond donors (Lipinski definition) is 0. The molecule has 0 bridgehead atoms. The largest absolute Gasteiger partial charge is 0.470 e. The molecule has 1 aromatic rings. The van der Waals surface area contributed by atoms with Crippen LogP contribution < -0.4 is 0 Å². The number of carbonyl (C=O) groups is 1. The van der Waals surface area contributed by atoms with Gasteiger partial charge in [0.2, 0.25) is 0 Å². The number of hydrogen-bond acceptors (Lipinski definition) is 4. The van der Waals surface area contributed by atoms with E-state index in [1.165, 1.54) is 0 Å². The second-order valence-corrected chi connectivity index (χ2v) is 3.39. The Labute approximate surface area is 93.9 Å². The van der Waals surface area contributed by atoms with Crippen molar-refractivity contribution in [1.29, 1.82) is 0 Å². The number of esters is 1. The van der Waals surface area contributed by atoms with E-state index in [1.807, 2.05) is 30.3 Å². The van der Waals surface area contributed by atoms with E-state index in [2.05, 4.69) is 4.99 Å². The summed E-state index contributed by atoms with van der Waals surface area (Å²) in [4.78, 5) is 15.5. The van der Waals surface area contributed by atoms with Gasteiger partial charge in [-0.05, 0) is 12.5 Å². The Morgan fingerprint density at radius 1 is 1.50 bits per heavy atom. The van der Waals surface area contributed by atoms with Gasteiger partial charge in [-0.2, -0.15) is 0 Å². The molecule has 4 nitrogen and oxygen atoms in total. The Kier molecular flexibility index (Phi) is 3.19. The van der Waals surface area contributed by atoms with E-state index in [1.54, 1.807) is 6.92 Å². The van der Waals surface area contributed by atoms with Gasteiger partial charge >= 0.3 is 5.97 Å². The molecule has 2 rings (SSSR count). The fourth-order valence-corrected chi connectivity index (χ4v) is 1.52. The van der Waals surface area contributed by atoms with Crippen LogP contribution in [-0.2, 0) is 14.3 Å². The molecule has 1 heterocycles. The third-order valence-corrected chi connectivity index (χ3v) is 2.29. The van der Waals surface area contributed by atoms with Crippen LogP contribution in [0.3, 0.4) is 0 Å². The van der Waals surface area contributed by atoms with Gasteiger partial charge in [0.15, 0.2) is 0 Å². The molecule has 0 radical (unpaired) electrons. The highest BCUT2D eigenvalue weighted by atomic mass is 16.6. The van der Waals surface area contributed by atoms with Crippen LogP contribution in [0, 0.1) is 0 Å². The summed E-state index contributed by atoms with van der Waals surface area (Å²) in [5, 5.41) is 0. The van der Waals surface area contributed by atoms with E-state index >= 15 is 0 Å². The molecule has 1 aromatic carbocycles. The molecule has 0 aliphatic carbocycles. The molecule has 0 aromatic heterocycles. The Morgan fingerprint density at radius 2 is 2.25 bits per heavy atom. The molecule has 0 spiro atoms. The molecule has 0 fully saturated rings. The number of carbonyl (C=O) groups excluding carboxylic acids is 1. The molecule has 0 amide bonds. The third-order valence-electron chi connectivity index (χ3n) is 2.29. The van der Waals surface area contributed by atoms with E-state index < -0.39 is 5.97 Å². The lowest BCUT2D eigenvalue weighted by atomic mass is 10.1. The number of rotatable bonds is 3. The zero-order chi connectivity index (χ0) is 11.4. The minimum Gasteiger partial charge on any atom is -0.470 e. The fourth-order valence-electron chi connectivity index (χ4n) is 1.52. The SMILES string of the molecule is CCOC(=O)C1=N[C@H](c2ccccc2)CO1. The minimum absolute atomic E-state index is 0.0794. The van der Waals surface area contributed by atoms with Gasteiger partial charge in [0, 0.05) is 0 Å². The highest BCUT2D eigenvalue weighted by Gasteiger charge is 2.26. The Balaban J connectivity index is 2.09. The van der Waals surface area contributed by atoms with Gasteiger partial charge < -0.3 is 9.47 Å². The van der Waals surface area contributed by atoms with Crippen molar-refractivity contribution in [2.75, 3.05) is 13.2 Å². The van der Waals surface area contributed by atoms with Gasteiger partial charge in [-0.25, -0.2) is 9.79 Å². The molecule has 84 valence electrons. The first-order chi connectivity index (χ1) is 7.81. The molecule has 1 aliphatic heterocycles. The number of aliphatic imine (C=N–C) groups is 1. The maximum Gasteiger partial charge on any atom is 0.393 e. The van der Waals surface area contributed by atoms with Crippen molar-refractivity contribution in [3.8, 4) is 0 Å². The molecule has 0 N–H and O–H groups in total. The summed E-state index contributed by atoms with van der Waals surface area (Å²) in [6.07, 6.45) is 0. The highest BCUT2D eigenvalue weighted by Crippen LogP contribution is 2.22. The topological polar surface area (TPSA) is 47.9 Å². The van der Waals surface area contributed by atoms with Crippen LogP contribution in [0.4, 0.5) is 0 Å². The molecule has 0 saturated carbocycles. The predicted octanol–water partition coefficient (Wildman–Crippen LogP) is 1.72. The highest BCUT2D eigenvalue weighted by molar-refractivity contribution is 6.33. The van der Waals surface area contributed by atoms with Crippen LogP contribution in [0.1, 0.15) is 18.5 Å². The molecule has 0 saturated heterocycles. The van der Waals surface area contributed by atoms with E-state index in [0.717, 1.165) is 5.56 Å². The second kappa shape index (κ2) is 4.79. The smallest absolute Gasteiger partial charge is 0.393 e. The van der Waals surface area contributed by atoms with Crippen LogP contribution in [0.25, 0.3) is 0 Å². The van der Waals surface area contributed by atoms with E-state index in [0.29, 0.717) is 13.2 Å². The first-order valence-corrected chi connectivity index (χ1v) is 5.24. The predicted molar refractivity (Wildman–Crippen MR) is 59.2 cm³/mol. The zero-order valence-electron chi connectivity index (χ0n) is 9.05. The van der Waals surface area contributed by atoms with Gasteiger partial charge in [-0.1, -0.05) is 30.3 Å². The summed E-state index contributed by atoms with van der Waals surface area (Å²) in [6.45, 7) is 2.48. The van der Waals surface area contributed by atoms with Crippen molar-refractivity contribution in [2.24, 2.45) is 4.99 Å². The molecule has 4 heteroatoms. The van der Waals surface area contributed by atoms with E-state index in [4.69, 9.17) is 9.47 Å². The maximum atomic E-state index is 11.3. The van der Waals surface area contributed by atoms with Gasteiger partial charge in [-0.3, -0.25) is 0 Å². The van der Waals surface area contributed by atoms with Gasteiger partial charge in [0.1, 0.15) is 12.6 Å². The standard InChI is InChI=1S/C12H13NO3/c1-2-15-12(14)11-13-10(8-16-11)9-6-4-3-5-7-9/h3-7,10H,2,8H2,1H3/t10-/m0/s1. The Morgan fingerprint density at radius 3 is 2.94 bits per heavy atom. The average molecular weight is 219 g/mol. The number of ether oxygens (including phenoxy) is 2. The average Bonchev–Trinajstić information content (AvgIpc) is 2.80. The summed E-state index contributed by atoms with van der Waals surface area (Å²) in [5.41, 5.74) is 1.04. The third kappa shape index (κ3) is 2.21. The minimum atomic E-state index is -0.485. The first kappa shape index (κ1) is 10.7. The summed E-state index contributed by atoms with van der Waals surface area (Å²) in [6, 6.07) is 9.65. The van der Waals surface area contributed by atoms with Gasteiger partial charge in [0.05, 0.1) is 6.61 Å². The first-order valence-electron chi connectivity index (χ1n) is 5.24. The maximum absolute atomic E-state index is 11.3. The van der Waals surface area contributed by atoms with Crippen molar-refractivity contribution >= 4 is 11.9 Å². The van der Waals surface area contributed by atoms with E-state index in [-0.39, 0.29) is 11.9 Å². The second-order valence-electron chi connectivity index (χ2n) is 3.39. The van der Waals surface area contributed by atoms with Crippen molar-refractivity contribution in [2.45, 2.75) is 13.0 Å². The van der Waals surface area contributed by atoms with Crippen molar-refractivity contribution in [1.82, 2.24) is 0 Å². The fraction of sp³-hybridized carbons (Fsp3) is 0.333. The number of benzene rings is 1. The Bertz CT molecular complexity index is 400. The van der Waals surface area contributed by atoms with E-state index in [9.17, 15) is 4.79 Å². The lowest BCUT2D eigenvalue weighted by molar-refractivity contribution is -0.136. The van der Waals surface area contributed by atoms with Crippen LogP contribution in [-0.4, -0.2) is 25.1 Å². The van der Waals surface area contributed by atoms with Crippen LogP contribution in [0.15, 0.2) is 35.3 Å². The quantitative estimate of drug-likeness (QED) is 0.727. The molecule has 16 heavy (non-hydrogen) atoms. The van der Waals surface area contributed by atoms with Crippen LogP contribution >= 0.6 is 0 Å². The summed E-state index contributed by atoms with van der Waals surface area (Å²) >= 11 is 0.